The molecule has 0 aromatic heterocycles. The maximum absolute atomic E-state index is 11.4. The van der Waals surface area contributed by atoms with Gasteiger partial charge in [0, 0.05) is 67.2 Å². The molecule has 4 aromatic carbocycles. The molecule has 56 heavy (non-hydrogen) atoms. The first kappa shape index (κ1) is 41.2. The minimum Gasteiger partial charge on any atom is -0.748 e. The molecule has 3 aliphatic rings. The Morgan fingerprint density at radius 2 is 1.50 bits per heavy atom. The number of fused-ring (bicyclic) bond motifs is 6. The number of rotatable bonds is 12. The lowest BCUT2D eigenvalue weighted by atomic mass is 9.78. The molecule has 2 aliphatic heterocycles. The van der Waals surface area contributed by atoms with E-state index in [4.69, 9.17) is 11.6 Å². The minimum atomic E-state index is -4.26. The van der Waals surface area contributed by atoms with E-state index in [1.807, 2.05) is 0 Å². The van der Waals surface area contributed by atoms with Crippen LogP contribution in [0.1, 0.15) is 97.1 Å². The zero-order valence-electron chi connectivity index (χ0n) is 33.0. The Balaban J connectivity index is 1.25. The van der Waals surface area contributed by atoms with Crippen LogP contribution in [0, 0.1) is 0 Å². The zero-order chi connectivity index (χ0) is 40.0. The number of unbranched alkanes of at least 4 members (excludes halogenated alkanes) is 3. The van der Waals surface area contributed by atoms with E-state index in [-0.39, 0.29) is 16.6 Å². The third-order valence-electron chi connectivity index (χ3n) is 12.0. The van der Waals surface area contributed by atoms with Gasteiger partial charge < -0.3 is 9.45 Å². The summed E-state index contributed by atoms with van der Waals surface area (Å²) < 4.78 is 38.9. The van der Waals surface area contributed by atoms with E-state index in [9.17, 15) is 13.0 Å². The van der Waals surface area contributed by atoms with Crippen LogP contribution in [0.4, 0.5) is 11.4 Å². The van der Waals surface area contributed by atoms with Crippen molar-refractivity contribution >= 4 is 92.2 Å². The summed E-state index contributed by atoms with van der Waals surface area (Å²) in [5, 5.41) is 5.73. The second-order valence-electron chi connectivity index (χ2n) is 16.5. The number of hydrogen-bond acceptors (Lipinski definition) is 4. The summed E-state index contributed by atoms with van der Waals surface area (Å²) in [5.74, 6) is -0.351. The average molecular weight is 919 g/mol. The van der Waals surface area contributed by atoms with Gasteiger partial charge in [-0.15, -0.1) is 0 Å². The molecule has 9 heteroatoms. The van der Waals surface area contributed by atoms with Crippen molar-refractivity contribution in [3.8, 4) is 0 Å². The molecule has 4 aromatic rings. The zero-order valence-corrected chi connectivity index (χ0v) is 37.8. The normalized spacial score (nSPS) is 19.4. The van der Waals surface area contributed by atoms with E-state index < -0.39 is 10.1 Å². The Bertz CT molecular complexity index is 2490. The Labute approximate surface area is 354 Å². The van der Waals surface area contributed by atoms with Crippen molar-refractivity contribution in [1.29, 1.82) is 0 Å². The molecule has 0 saturated carbocycles. The van der Waals surface area contributed by atoms with Crippen molar-refractivity contribution in [3.63, 3.8) is 0 Å². The summed E-state index contributed by atoms with van der Waals surface area (Å²) in [5.41, 5.74) is 9.25. The van der Waals surface area contributed by atoms with Gasteiger partial charge in [-0.1, -0.05) is 101 Å². The van der Waals surface area contributed by atoms with Gasteiger partial charge in [0.05, 0.1) is 15.5 Å². The highest BCUT2D eigenvalue weighted by molar-refractivity contribution is 9.10. The number of nitrogens with zero attached hydrogens (tertiary/aromatic N) is 2. The van der Waals surface area contributed by atoms with Crippen LogP contribution in [0.3, 0.4) is 0 Å². The third kappa shape index (κ3) is 8.03. The second-order valence-corrected chi connectivity index (χ2v) is 20.3. The Morgan fingerprint density at radius 1 is 0.821 bits per heavy atom. The lowest BCUT2D eigenvalue weighted by Crippen LogP contribution is -2.28. The fourth-order valence-corrected chi connectivity index (χ4v) is 10.9. The fraction of sp³-hybridized carbons (Fsp3) is 0.383. The first-order valence-corrected chi connectivity index (χ1v) is 23.5. The monoisotopic (exact) mass is 916 g/mol. The molecule has 0 N–H and O–H groups in total. The van der Waals surface area contributed by atoms with Gasteiger partial charge in [0.15, 0.2) is 5.71 Å². The maximum atomic E-state index is 11.4. The van der Waals surface area contributed by atoms with Crippen molar-refractivity contribution in [2.75, 3.05) is 23.7 Å². The second kappa shape index (κ2) is 16.3. The van der Waals surface area contributed by atoms with Crippen LogP contribution in [-0.2, 0) is 20.9 Å². The van der Waals surface area contributed by atoms with Gasteiger partial charge in [-0.2, -0.15) is 4.58 Å². The van der Waals surface area contributed by atoms with Crippen LogP contribution >= 0.6 is 43.5 Å². The number of halogens is 3. The maximum Gasteiger partial charge on any atom is 0.210 e. The summed E-state index contributed by atoms with van der Waals surface area (Å²) in [7, 11) is -4.26. The minimum absolute atomic E-state index is 0.194. The molecule has 0 fully saturated rings. The summed E-state index contributed by atoms with van der Waals surface area (Å²) in [6, 6.07) is 21.9. The number of allylic oxidation sites excluding steroid dienone is 8. The third-order valence-corrected chi connectivity index (χ3v) is 14.2. The van der Waals surface area contributed by atoms with Crippen molar-refractivity contribution in [3.05, 3.63) is 127 Å². The largest absolute Gasteiger partial charge is 0.748 e. The van der Waals surface area contributed by atoms with E-state index in [1.54, 1.807) is 0 Å². The van der Waals surface area contributed by atoms with Crippen molar-refractivity contribution in [2.24, 2.45) is 0 Å². The van der Waals surface area contributed by atoms with E-state index in [1.165, 1.54) is 51.5 Å². The standard InChI is InChI=1S/C47H51Br2ClN2O3S/c1-6-7-8-26-51-39-22-14-33-29-35(48)18-20-37(33)43(39)46(2,3)41(51)24-16-31-12-11-13-32(45(31)50)17-25-42-47(4,5)44-38-21-19-36(49)30-34(38)15-23-40(44)52(42)27-9-10-28-56(53,54)55/h14-25,29-30H,6-13,26-28H2,1-5H3. The lowest BCUT2D eigenvalue weighted by Gasteiger charge is -2.27. The van der Waals surface area contributed by atoms with Gasteiger partial charge in [0.25, 0.3) is 0 Å². The first-order chi connectivity index (χ1) is 26.6. The van der Waals surface area contributed by atoms with Crippen molar-refractivity contribution < 1.29 is 17.5 Å². The van der Waals surface area contributed by atoms with E-state index in [0.29, 0.717) is 19.4 Å². The van der Waals surface area contributed by atoms with Crippen LogP contribution in [0.5, 0.6) is 0 Å². The van der Waals surface area contributed by atoms with Crippen LogP contribution in [-0.4, -0.2) is 42.1 Å². The molecule has 0 radical (unpaired) electrons. The molecular weight excluding hydrogens is 868 g/mol. The predicted molar refractivity (Wildman–Crippen MR) is 242 cm³/mol. The SMILES string of the molecule is CCCCC[N+]1=C(/C=C/C2=C(Cl)C(=C/C=C3/N(CCCCS(=O)(=O)[O-])c4ccc5cc(Br)ccc5c4C3(C)C)/CCC2)C(C)(C)c2c1ccc1cc(Br)ccc21. The highest BCUT2D eigenvalue weighted by atomic mass is 79.9. The average Bonchev–Trinajstić information content (AvgIpc) is 3.50. The molecule has 0 saturated heterocycles. The summed E-state index contributed by atoms with van der Waals surface area (Å²) >= 11 is 14.7. The van der Waals surface area contributed by atoms with Crippen LogP contribution in [0.25, 0.3) is 21.5 Å². The smallest absolute Gasteiger partial charge is 0.210 e. The first-order valence-electron chi connectivity index (χ1n) is 19.9. The van der Waals surface area contributed by atoms with E-state index in [2.05, 4.69) is 161 Å². The van der Waals surface area contributed by atoms with Crippen LogP contribution < -0.4 is 4.90 Å². The van der Waals surface area contributed by atoms with E-state index in [0.717, 1.165) is 74.1 Å². The van der Waals surface area contributed by atoms with Gasteiger partial charge in [0.1, 0.15) is 6.54 Å². The molecule has 0 unspecified atom stereocenters. The predicted octanol–water partition coefficient (Wildman–Crippen LogP) is 13.3. The number of anilines is 1. The van der Waals surface area contributed by atoms with Crippen molar-refractivity contribution in [1.82, 2.24) is 0 Å². The van der Waals surface area contributed by atoms with Crippen LogP contribution in [0.2, 0.25) is 0 Å². The molecule has 0 spiro atoms. The number of benzene rings is 4. The van der Waals surface area contributed by atoms with E-state index >= 15 is 0 Å². The van der Waals surface area contributed by atoms with Gasteiger partial charge >= 0.3 is 0 Å². The molecule has 1 aliphatic carbocycles. The van der Waals surface area contributed by atoms with Gasteiger partial charge in [-0.05, 0) is 133 Å². The van der Waals surface area contributed by atoms with Crippen LogP contribution in [0.15, 0.2) is 116 Å². The Hall–Kier alpha value is -3.01. The summed E-state index contributed by atoms with van der Waals surface area (Å²) in [4.78, 5) is 2.32. The molecule has 7 rings (SSSR count). The molecular formula is C47H51Br2ClN2O3S. The molecule has 2 heterocycles. The van der Waals surface area contributed by atoms with Gasteiger partial charge in [0.2, 0.25) is 5.69 Å². The lowest BCUT2D eigenvalue weighted by molar-refractivity contribution is -0.438. The highest BCUT2D eigenvalue weighted by Gasteiger charge is 2.45. The van der Waals surface area contributed by atoms with Crippen molar-refractivity contribution in [2.45, 2.75) is 96.8 Å². The van der Waals surface area contributed by atoms with Gasteiger partial charge in [-0.3, -0.25) is 0 Å². The Kier molecular flexibility index (Phi) is 12.0. The highest BCUT2D eigenvalue weighted by Crippen LogP contribution is 2.51. The molecule has 5 nitrogen and oxygen atoms in total. The molecule has 294 valence electrons. The molecule has 0 bridgehead atoms. The quantitative estimate of drug-likeness (QED) is 0.0807. The topological polar surface area (TPSA) is 63.5 Å². The molecule has 0 amide bonds. The molecule has 0 atom stereocenters. The fourth-order valence-electron chi connectivity index (χ4n) is 9.25. The Morgan fingerprint density at radius 3 is 2.18 bits per heavy atom. The van der Waals surface area contributed by atoms with Gasteiger partial charge in [-0.25, -0.2) is 8.42 Å². The number of hydrogen-bond donors (Lipinski definition) is 0. The summed E-state index contributed by atoms with van der Waals surface area (Å²) in [6.07, 6.45) is 16.3. The summed E-state index contributed by atoms with van der Waals surface area (Å²) in [6.45, 7) is 13.1.